The van der Waals surface area contributed by atoms with Gasteiger partial charge in [-0.15, -0.1) is 11.3 Å². The minimum absolute atomic E-state index is 0.0437. The molecule has 1 aliphatic rings. The second kappa shape index (κ2) is 10.2. The molecule has 0 bridgehead atoms. The van der Waals surface area contributed by atoms with Crippen molar-refractivity contribution in [3.8, 4) is 11.4 Å². The van der Waals surface area contributed by atoms with Crippen molar-refractivity contribution in [3.63, 3.8) is 0 Å². The molecular weight excluding hydrogens is 525 g/mol. The van der Waals surface area contributed by atoms with E-state index in [9.17, 15) is 9.59 Å². The lowest BCUT2D eigenvalue weighted by Crippen LogP contribution is -2.23. The second-order valence-electron chi connectivity index (χ2n) is 8.09. The molecule has 1 N–H and O–H groups in total. The van der Waals surface area contributed by atoms with Crippen LogP contribution in [-0.2, 0) is 17.6 Å². The third-order valence-corrected chi connectivity index (χ3v) is 8.51. The van der Waals surface area contributed by atoms with Gasteiger partial charge in [0.15, 0.2) is 5.16 Å². The first-order valence-electron chi connectivity index (χ1n) is 11.0. The van der Waals surface area contributed by atoms with E-state index in [-0.39, 0.29) is 17.2 Å². The summed E-state index contributed by atoms with van der Waals surface area (Å²) in [6.07, 6.45) is 4.07. The molecule has 0 atom stereocenters. The molecule has 0 saturated heterocycles. The molecule has 4 aromatic rings. The predicted octanol–water partition coefficient (Wildman–Crippen LogP) is 6.37. The van der Waals surface area contributed by atoms with E-state index in [2.05, 4.69) is 5.32 Å². The van der Waals surface area contributed by atoms with Crippen LogP contribution >= 0.6 is 46.3 Å². The molecule has 2 heterocycles. The topological polar surface area (TPSA) is 73.2 Å². The van der Waals surface area contributed by atoms with Gasteiger partial charge < -0.3 is 10.1 Å². The van der Waals surface area contributed by atoms with E-state index in [1.807, 2.05) is 12.1 Å². The number of aryl methyl sites for hydroxylation is 2. The first kappa shape index (κ1) is 24.2. The average molecular weight is 547 g/mol. The van der Waals surface area contributed by atoms with E-state index in [0.717, 1.165) is 36.1 Å². The van der Waals surface area contributed by atoms with Gasteiger partial charge in [-0.25, -0.2) is 4.98 Å². The third kappa shape index (κ3) is 4.93. The standard InChI is InChI=1S/C25H21Cl2N3O3S2/c1-33-16-9-7-15(8-10-16)30-24(32)22-17-4-2-3-5-20(17)35-23(22)29-25(30)34-13-21(31)28-19-12-14(26)6-11-18(19)27/h6-12H,2-5,13H2,1H3,(H,28,31). The van der Waals surface area contributed by atoms with E-state index in [0.29, 0.717) is 37.7 Å². The van der Waals surface area contributed by atoms with Crippen LogP contribution in [0.25, 0.3) is 15.9 Å². The summed E-state index contributed by atoms with van der Waals surface area (Å²) < 4.78 is 6.86. The van der Waals surface area contributed by atoms with Gasteiger partial charge in [0.05, 0.1) is 34.6 Å². The number of hydrogen-bond donors (Lipinski definition) is 1. The van der Waals surface area contributed by atoms with Crippen molar-refractivity contribution in [2.24, 2.45) is 0 Å². The quantitative estimate of drug-likeness (QED) is 0.225. The number of nitrogens with one attached hydrogen (secondary N) is 1. The number of nitrogens with zero attached hydrogens (tertiary/aromatic N) is 2. The van der Waals surface area contributed by atoms with Gasteiger partial charge in [-0.3, -0.25) is 14.2 Å². The van der Waals surface area contributed by atoms with Crippen molar-refractivity contribution >= 4 is 68.1 Å². The fraction of sp³-hybridized carbons (Fsp3) is 0.240. The van der Waals surface area contributed by atoms with Crippen molar-refractivity contribution in [1.29, 1.82) is 0 Å². The van der Waals surface area contributed by atoms with Crippen LogP contribution in [0.15, 0.2) is 52.4 Å². The van der Waals surface area contributed by atoms with Gasteiger partial charge in [0.1, 0.15) is 10.6 Å². The Labute approximate surface area is 220 Å². The number of anilines is 1. The van der Waals surface area contributed by atoms with E-state index < -0.39 is 0 Å². The Balaban J connectivity index is 1.52. The number of ether oxygens (including phenoxy) is 1. The molecule has 0 radical (unpaired) electrons. The maximum Gasteiger partial charge on any atom is 0.267 e. The zero-order valence-electron chi connectivity index (χ0n) is 18.8. The zero-order valence-corrected chi connectivity index (χ0v) is 21.9. The number of rotatable bonds is 6. The highest BCUT2D eigenvalue weighted by Gasteiger charge is 2.23. The van der Waals surface area contributed by atoms with Crippen molar-refractivity contribution in [3.05, 3.63) is 73.3 Å². The highest BCUT2D eigenvalue weighted by molar-refractivity contribution is 7.99. The Bertz CT molecular complexity index is 1480. The second-order valence-corrected chi connectivity index (χ2v) is 11.0. The smallest absolute Gasteiger partial charge is 0.267 e. The molecule has 35 heavy (non-hydrogen) atoms. The normalized spacial score (nSPS) is 13.0. The Hall–Kier alpha value is -2.52. The highest BCUT2D eigenvalue weighted by Crippen LogP contribution is 2.35. The molecule has 1 amide bonds. The van der Waals surface area contributed by atoms with E-state index in [1.54, 1.807) is 53.3 Å². The van der Waals surface area contributed by atoms with Crippen molar-refractivity contribution in [2.45, 2.75) is 30.8 Å². The number of carbonyl (C=O) groups is 1. The van der Waals surface area contributed by atoms with Crippen LogP contribution < -0.4 is 15.6 Å². The lowest BCUT2D eigenvalue weighted by atomic mass is 9.97. The van der Waals surface area contributed by atoms with Gasteiger partial charge in [0.2, 0.25) is 5.91 Å². The highest BCUT2D eigenvalue weighted by atomic mass is 35.5. The van der Waals surface area contributed by atoms with Crippen LogP contribution in [0.1, 0.15) is 23.3 Å². The predicted molar refractivity (Wildman–Crippen MR) is 144 cm³/mol. The summed E-state index contributed by atoms with van der Waals surface area (Å²) in [5, 5.41) is 4.80. The summed E-state index contributed by atoms with van der Waals surface area (Å²) in [5.41, 5.74) is 2.12. The molecule has 0 aliphatic heterocycles. The molecule has 1 aliphatic carbocycles. The summed E-state index contributed by atoms with van der Waals surface area (Å²) >= 11 is 15.0. The van der Waals surface area contributed by atoms with Gasteiger partial charge in [-0.2, -0.15) is 0 Å². The number of thiophene rings is 1. The molecule has 10 heteroatoms. The van der Waals surface area contributed by atoms with Gasteiger partial charge in [-0.1, -0.05) is 35.0 Å². The summed E-state index contributed by atoms with van der Waals surface area (Å²) in [6, 6.07) is 12.1. The number of hydrogen-bond acceptors (Lipinski definition) is 6. The van der Waals surface area contributed by atoms with E-state index in [1.165, 1.54) is 16.6 Å². The lowest BCUT2D eigenvalue weighted by Gasteiger charge is -2.14. The molecule has 0 fully saturated rings. The van der Waals surface area contributed by atoms with Crippen molar-refractivity contribution in [1.82, 2.24) is 9.55 Å². The molecule has 180 valence electrons. The van der Waals surface area contributed by atoms with Gasteiger partial charge in [0, 0.05) is 9.90 Å². The molecule has 0 spiro atoms. The van der Waals surface area contributed by atoms with Crippen LogP contribution in [0.5, 0.6) is 5.75 Å². The van der Waals surface area contributed by atoms with E-state index in [4.69, 9.17) is 32.9 Å². The number of thioether (sulfide) groups is 1. The van der Waals surface area contributed by atoms with Crippen LogP contribution in [0.3, 0.4) is 0 Å². The molecular formula is C25H21Cl2N3O3S2. The molecule has 6 nitrogen and oxygen atoms in total. The van der Waals surface area contributed by atoms with Crippen LogP contribution in [0.2, 0.25) is 10.0 Å². The number of amides is 1. The zero-order chi connectivity index (χ0) is 24.5. The number of methoxy groups -OCH3 is 1. The molecule has 2 aromatic heterocycles. The Morgan fingerprint density at radius 2 is 1.94 bits per heavy atom. The number of benzene rings is 2. The van der Waals surface area contributed by atoms with Gasteiger partial charge in [-0.05, 0) is 73.7 Å². The maximum absolute atomic E-state index is 13.8. The number of aromatic nitrogens is 2. The minimum atomic E-state index is -0.278. The van der Waals surface area contributed by atoms with Crippen LogP contribution in [0.4, 0.5) is 5.69 Å². The number of carbonyl (C=O) groups excluding carboxylic acids is 1. The summed E-state index contributed by atoms with van der Waals surface area (Å²) in [4.78, 5) is 33.4. The van der Waals surface area contributed by atoms with E-state index >= 15 is 0 Å². The minimum Gasteiger partial charge on any atom is -0.497 e. The monoisotopic (exact) mass is 545 g/mol. The molecule has 2 aromatic carbocycles. The number of halogens is 2. The first-order valence-corrected chi connectivity index (χ1v) is 13.6. The molecule has 0 saturated carbocycles. The SMILES string of the molecule is COc1ccc(-n2c(SCC(=O)Nc3cc(Cl)ccc3Cl)nc3sc4c(c3c2=O)CCCC4)cc1. The first-order chi connectivity index (χ1) is 16.9. The molecule has 0 unspecified atom stereocenters. The Kier molecular flexibility index (Phi) is 7.07. The van der Waals surface area contributed by atoms with Gasteiger partial charge >= 0.3 is 0 Å². The average Bonchev–Trinajstić information content (AvgIpc) is 3.24. The van der Waals surface area contributed by atoms with Crippen LogP contribution in [0, 0.1) is 0 Å². The summed E-state index contributed by atoms with van der Waals surface area (Å²) in [7, 11) is 1.60. The van der Waals surface area contributed by atoms with Crippen molar-refractivity contribution < 1.29 is 9.53 Å². The van der Waals surface area contributed by atoms with Gasteiger partial charge in [0.25, 0.3) is 5.56 Å². The molecule has 5 rings (SSSR count). The lowest BCUT2D eigenvalue weighted by molar-refractivity contribution is -0.113. The Morgan fingerprint density at radius 1 is 1.17 bits per heavy atom. The largest absolute Gasteiger partial charge is 0.497 e. The third-order valence-electron chi connectivity index (χ3n) is 5.82. The fourth-order valence-electron chi connectivity index (χ4n) is 4.15. The summed E-state index contributed by atoms with van der Waals surface area (Å²) in [6.45, 7) is 0. The summed E-state index contributed by atoms with van der Waals surface area (Å²) in [5.74, 6) is 0.457. The number of fused-ring (bicyclic) bond motifs is 3. The fourth-order valence-corrected chi connectivity index (χ4v) is 6.60. The van der Waals surface area contributed by atoms with Crippen molar-refractivity contribution in [2.75, 3.05) is 18.2 Å². The maximum atomic E-state index is 13.8. The Morgan fingerprint density at radius 3 is 2.71 bits per heavy atom. The van der Waals surface area contributed by atoms with Crippen LogP contribution in [-0.4, -0.2) is 28.3 Å².